The second-order valence-corrected chi connectivity index (χ2v) is 14.1. The van der Waals surface area contributed by atoms with E-state index in [2.05, 4.69) is 119 Å². The van der Waals surface area contributed by atoms with Gasteiger partial charge in [0.05, 0.1) is 6.85 Å². The van der Waals surface area contributed by atoms with Crippen LogP contribution in [0.25, 0.3) is 76.8 Å². The summed E-state index contributed by atoms with van der Waals surface area (Å²) in [7, 11) is 0. The van der Waals surface area contributed by atoms with Gasteiger partial charge in [-0.05, 0) is 99.1 Å². The summed E-state index contributed by atoms with van der Waals surface area (Å²) in [5, 5.41) is 6.35. The molecule has 8 aromatic carbocycles. The van der Waals surface area contributed by atoms with E-state index in [1.807, 2.05) is 12.1 Å². The third kappa shape index (κ3) is 3.14. The first kappa shape index (κ1) is 21.5. The van der Waals surface area contributed by atoms with Gasteiger partial charge >= 0.3 is 0 Å². The third-order valence-electron chi connectivity index (χ3n) is 11.1. The Morgan fingerprint density at radius 2 is 0.913 bits per heavy atom. The molecule has 0 fully saturated rings. The Hall–Kier alpha value is -5.20. The Labute approximate surface area is 277 Å². The number of fused-ring (bicyclic) bond motifs is 6. The largest absolute Gasteiger partial charge is 0.0629 e. The lowest BCUT2D eigenvalue weighted by Crippen LogP contribution is -2.19. The van der Waals surface area contributed by atoms with Gasteiger partial charge in [0, 0.05) is 10.8 Å². The van der Waals surface area contributed by atoms with E-state index in [0.717, 1.165) is 32.3 Å². The summed E-state index contributed by atoms with van der Waals surface area (Å²) in [6.45, 7) is 9.42. The van der Waals surface area contributed by atoms with Crippen molar-refractivity contribution < 1.29 is 6.85 Å². The third-order valence-corrected chi connectivity index (χ3v) is 11.1. The molecule has 0 unspecified atom stereocenters. The highest BCUT2D eigenvalue weighted by Crippen LogP contribution is 2.61. The van der Waals surface area contributed by atoms with Gasteiger partial charge in [0.15, 0.2) is 0 Å². The first-order chi connectivity index (χ1) is 24.4. The van der Waals surface area contributed by atoms with Crippen LogP contribution in [0.1, 0.15) is 56.8 Å². The van der Waals surface area contributed by atoms with Crippen LogP contribution in [0, 0.1) is 0 Å². The summed E-state index contributed by atoms with van der Waals surface area (Å²) in [4.78, 5) is 0. The molecule has 8 aromatic rings. The molecule has 0 aromatic heterocycles. The Morgan fingerprint density at radius 3 is 1.48 bits per heavy atom. The van der Waals surface area contributed by atoms with E-state index in [1.165, 1.54) is 55.6 Å². The van der Waals surface area contributed by atoms with Crippen LogP contribution in [-0.4, -0.2) is 0 Å². The molecule has 0 saturated carbocycles. The number of rotatable bonds is 2. The molecule has 0 N–H and O–H groups in total. The fourth-order valence-electron chi connectivity index (χ4n) is 8.90. The Kier molecular flexibility index (Phi) is 4.09. The molecule has 218 valence electrons. The van der Waals surface area contributed by atoms with Gasteiger partial charge in [-0.15, -0.1) is 0 Å². The first-order valence-electron chi connectivity index (χ1n) is 18.6. The van der Waals surface area contributed by atoms with E-state index in [-0.39, 0.29) is 46.6 Å². The normalized spacial score (nSPS) is 16.8. The SMILES string of the molecule is [2H]c1c([2H])c([2H])c(-c2ccc3ccc4c(-c5c6c(cc7c5-c5ccccc5C7(C)C)C(C)(C)c5ccccc5-6)ccc5ccc2c3c54)c([2H])c1[2H]. The number of hydrogen-bond donors (Lipinski definition) is 0. The quantitative estimate of drug-likeness (QED) is 0.175. The molecule has 0 saturated heterocycles. The molecule has 0 amide bonds. The van der Waals surface area contributed by atoms with Crippen LogP contribution < -0.4 is 0 Å². The highest BCUT2D eigenvalue weighted by molar-refractivity contribution is 6.28. The fourth-order valence-corrected chi connectivity index (χ4v) is 8.90. The highest BCUT2D eigenvalue weighted by atomic mass is 14.5. The fraction of sp³-hybridized carbons (Fsp3) is 0.130. The van der Waals surface area contributed by atoms with E-state index in [9.17, 15) is 0 Å². The molecule has 0 aliphatic heterocycles. The first-order valence-corrected chi connectivity index (χ1v) is 16.1. The predicted molar refractivity (Wildman–Crippen MR) is 196 cm³/mol. The van der Waals surface area contributed by atoms with Crippen LogP contribution in [0.15, 0.2) is 133 Å². The van der Waals surface area contributed by atoms with E-state index in [4.69, 9.17) is 6.85 Å². The molecule has 10 rings (SSSR count). The zero-order valence-corrected chi connectivity index (χ0v) is 26.3. The second kappa shape index (κ2) is 8.74. The molecule has 46 heavy (non-hydrogen) atoms. The van der Waals surface area contributed by atoms with Crippen molar-refractivity contribution in [3.05, 3.63) is 156 Å². The van der Waals surface area contributed by atoms with Crippen molar-refractivity contribution in [2.75, 3.05) is 0 Å². The van der Waals surface area contributed by atoms with Crippen LogP contribution in [0.3, 0.4) is 0 Å². The summed E-state index contributed by atoms with van der Waals surface area (Å²) in [5.74, 6) is 0. The van der Waals surface area contributed by atoms with Crippen molar-refractivity contribution in [1.29, 1.82) is 0 Å². The lowest BCUT2D eigenvalue weighted by molar-refractivity contribution is 0.639. The van der Waals surface area contributed by atoms with Crippen molar-refractivity contribution in [3.63, 3.8) is 0 Å². The van der Waals surface area contributed by atoms with Gasteiger partial charge in [0.2, 0.25) is 0 Å². The van der Waals surface area contributed by atoms with Crippen LogP contribution in [0.2, 0.25) is 0 Å². The molecule has 0 nitrogen and oxygen atoms in total. The van der Waals surface area contributed by atoms with Crippen molar-refractivity contribution in [3.8, 4) is 44.5 Å². The molecule has 0 spiro atoms. The Morgan fingerprint density at radius 1 is 0.435 bits per heavy atom. The van der Waals surface area contributed by atoms with Gasteiger partial charge in [0.25, 0.3) is 0 Å². The monoisotopic (exact) mass is 591 g/mol. The number of hydrogen-bond acceptors (Lipinski definition) is 0. The Bertz CT molecular complexity index is 2750. The predicted octanol–water partition coefficient (Wildman–Crippen LogP) is 12.5. The molecule has 0 heterocycles. The van der Waals surface area contributed by atoms with Gasteiger partial charge in [-0.25, -0.2) is 0 Å². The Balaban J connectivity index is 1.37. The van der Waals surface area contributed by atoms with Gasteiger partial charge in [-0.1, -0.05) is 161 Å². The average Bonchev–Trinajstić information content (AvgIpc) is 3.51. The average molecular weight is 592 g/mol. The minimum atomic E-state index is -0.381. The summed E-state index contributed by atoms with van der Waals surface area (Å²) >= 11 is 0. The molecule has 0 heteroatoms. The topological polar surface area (TPSA) is 0 Å². The standard InChI is InChI=1S/C46H34/c1-45(2)36-16-10-8-14-34(36)42-38(45)26-39-43(35-15-9-11-17-37(35)46(39,3)4)44(42)33-25-21-29-19-23-31-30(27-12-6-5-7-13-27)22-18-28-20-24-32(33)41(29)40(28)31/h5-26H,1-4H3/i5D,6D,7D,12D,13D. The van der Waals surface area contributed by atoms with E-state index >= 15 is 0 Å². The summed E-state index contributed by atoms with van der Waals surface area (Å²) in [6.07, 6.45) is 0. The maximum atomic E-state index is 8.81. The maximum Gasteiger partial charge on any atom is 0.0629 e. The lowest BCUT2D eigenvalue weighted by Gasteiger charge is -2.27. The van der Waals surface area contributed by atoms with Crippen LogP contribution in [-0.2, 0) is 10.8 Å². The van der Waals surface area contributed by atoms with E-state index in [0.29, 0.717) is 5.56 Å². The van der Waals surface area contributed by atoms with E-state index < -0.39 is 0 Å². The van der Waals surface area contributed by atoms with E-state index in [1.54, 1.807) is 0 Å². The molecule has 0 bridgehead atoms. The molecule has 2 aliphatic rings. The van der Waals surface area contributed by atoms with Crippen molar-refractivity contribution in [2.24, 2.45) is 0 Å². The van der Waals surface area contributed by atoms with Gasteiger partial charge < -0.3 is 0 Å². The second-order valence-electron chi connectivity index (χ2n) is 14.1. The summed E-state index contributed by atoms with van der Waals surface area (Å²) in [6, 6.07) is 35.9. The molecule has 0 radical (unpaired) electrons. The van der Waals surface area contributed by atoms with Gasteiger partial charge in [0.1, 0.15) is 0 Å². The van der Waals surface area contributed by atoms with Crippen molar-refractivity contribution in [2.45, 2.75) is 38.5 Å². The minimum absolute atomic E-state index is 0.177. The van der Waals surface area contributed by atoms with Crippen LogP contribution in [0.4, 0.5) is 0 Å². The molecular formula is C46H34. The van der Waals surface area contributed by atoms with Crippen molar-refractivity contribution in [1.82, 2.24) is 0 Å². The van der Waals surface area contributed by atoms with Gasteiger partial charge in [-0.3, -0.25) is 0 Å². The minimum Gasteiger partial charge on any atom is -0.0622 e. The summed E-state index contributed by atoms with van der Waals surface area (Å²) < 4.78 is 42.6. The van der Waals surface area contributed by atoms with Crippen LogP contribution >= 0.6 is 0 Å². The zero-order chi connectivity index (χ0) is 35.3. The highest BCUT2D eigenvalue weighted by Gasteiger charge is 2.44. The molecule has 2 aliphatic carbocycles. The molecule has 0 atom stereocenters. The van der Waals surface area contributed by atoms with Crippen LogP contribution in [0.5, 0.6) is 0 Å². The van der Waals surface area contributed by atoms with Crippen molar-refractivity contribution >= 4 is 32.3 Å². The zero-order valence-electron chi connectivity index (χ0n) is 31.3. The smallest absolute Gasteiger partial charge is 0.0622 e. The van der Waals surface area contributed by atoms with Gasteiger partial charge in [-0.2, -0.15) is 0 Å². The lowest BCUT2D eigenvalue weighted by atomic mass is 9.75. The number of benzene rings is 8. The molecular weight excluding hydrogens is 553 g/mol. The summed E-state index contributed by atoms with van der Waals surface area (Å²) in [5.41, 5.74) is 13.5. The maximum absolute atomic E-state index is 8.81.